The molecule has 1 aromatic rings. The lowest BCUT2D eigenvalue weighted by atomic mass is 10.1. The van der Waals surface area contributed by atoms with Gasteiger partial charge in [-0.25, -0.2) is 13.1 Å². The molecule has 112 valence electrons. The minimum atomic E-state index is -3.78. The smallest absolute Gasteiger partial charge is 0.293 e. The monoisotopic (exact) mass is 301 g/mol. The minimum absolute atomic E-state index is 0.0606. The summed E-state index contributed by atoms with van der Waals surface area (Å²) in [6.07, 6.45) is 2.22. The number of nitrogens with zero attached hydrogens (tertiary/aromatic N) is 1. The molecule has 0 bridgehead atoms. The molecule has 7 nitrogen and oxygen atoms in total. The van der Waals surface area contributed by atoms with Gasteiger partial charge in [0, 0.05) is 12.1 Å². The summed E-state index contributed by atoms with van der Waals surface area (Å²) in [6.45, 7) is 3.85. The number of sulfonamides is 1. The van der Waals surface area contributed by atoms with Crippen molar-refractivity contribution in [1.29, 1.82) is 0 Å². The molecule has 0 spiro atoms. The Hall–Kier alpha value is -1.67. The van der Waals surface area contributed by atoms with Gasteiger partial charge in [0.05, 0.1) is 9.82 Å². The van der Waals surface area contributed by atoms with Gasteiger partial charge in [-0.05, 0) is 25.0 Å². The van der Waals surface area contributed by atoms with E-state index in [1.165, 1.54) is 12.1 Å². The van der Waals surface area contributed by atoms with E-state index in [1.807, 2.05) is 13.8 Å². The molecule has 0 amide bonds. The average Bonchev–Trinajstić information content (AvgIpc) is 2.37. The summed E-state index contributed by atoms with van der Waals surface area (Å²) in [4.78, 5) is 9.95. The van der Waals surface area contributed by atoms with Crippen molar-refractivity contribution in [3.05, 3.63) is 28.3 Å². The van der Waals surface area contributed by atoms with E-state index < -0.39 is 20.6 Å². The summed E-state index contributed by atoms with van der Waals surface area (Å²) in [5.74, 6) is 0. The van der Waals surface area contributed by atoms with Crippen LogP contribution >= 0.6 is 0 Å². The van der Waals surface area contributed by atoms with Crippen LogP contribution in [0, 0.1) is 10.1 Å². The highest BCUT2D eigenvalue weighted by molar-refractivity contribution is 7.89. The van der Waals surface area contributed by atoms with Crippen molar-refractivity contribution in [3.8, 4) is 0 Å². The quantitative estimate of drug-likeness (QED) is 0.454. The maximum atomic E-state index is 12.2. The lowest BCUT2D eigenvalue weighted by Crippen LogP contribution is -2.34. The summed E-state index contributed by atoms with van der Waals surface area (Å²) in [5.41, 5.74) is 4.99. The highest BCUT2D eigenvalue weighted by Crippen LogP contribution is 2.25. The number of hydrogen-bond donors (Lipinski definition) is 2. The van der Waals surface area contributed by atoms with Gasteiger partial charge in [-0.3, -0.25) is 10.1 Å². The first-order chi connectivity index (χ1) is 9.31. The standard InChI is InChI=1S/C12H19N3O4S/c1-3-5-9(4-2)14-20(18,19)10-6-7-11(13)12(8-10)15(16)17/h6-9,14H,3-5,13H2,1-2H3. The molecule has 3 N–H and O–H groups in total. The normalized spacial score (nSPS) is 13.1. The van der Waals surface area contributed by atoms with E-state index in [1.54, 1.807) is 0 Å². The van der Waals surface area contributed by atoms with E-state index in [0.717, 1.165) is 12.5 Å². The van der Waals surface area contributed by atoms with Crippen LogP contribution in [0.2, 0.25) is 0 Å². The van der Waals surface area contributed by atoms with Crippen LogP contribution in [0.5, 0.6) is 0 Å². The fourth-order valence-corrected chi connectivity index (χ4v) is 3.20. The molecule has 0 aliphatic rings. The van der Waals surface area contributed by atoms with Crippen LogP contribution in [0.15, 0.2) is 23.1 Å². The molecule has 20 heavy (non-hydrogen) atoms. The van der Waals surface area contributed by atoms with Crippen molar-refractivity contribution in [1.82, 2.24) is 4.72 Å². The number of nitro groups is 1. The molecule has 0 saturated carbocycles. The third-order valence-electron chi connectivity index (χ3n) is 2.96. The lowest BCUT2D eigenvalue weighted by Gasteiger charge is -2.16. The first-order valence-corrected chi connectivity index (χ1v) is 7.86. The van der Waals surface area contributed by atoms with Gasteiger partial charge in [0.1, 0.15) is 5.69 Å². The van der Waals surface area contributed by atoms with Gasteiger partial charge in [-0.15, -0.1) is 0 Å². The van der Waals surface area contributed by atoms with Crippen LogP contribution in [0.3, 0.4) is 0 Å². The van der Waals surface area contributed by atoms with Crippen LogP contribution in [0.4, 0.5) is 11.4 Å². The molecule has 8 heteroatoms. The fourth-order valence-electron chi connectivity index (χ4n) is 1.83. The predicted molar refractivity (Wildman–Crippen MR) is 76.8 cm³/mol. The molecule has 0 heterocycles. The zero-order valence-corrected chi connectivity index (χ0v) is 12.3. The Balaban J connectivity index is 3.09. The first kappa shape index (κ1) is 16.4. The van der Waals surface area contributed by atoms with Gasteiger partial charge in [0.2, 0.25) is 10.0 Å². The third kappa shape index (κ3) is 3.91. The number of benzene rings is 1. The number of anilines is 1. The molecule has 0 aliphatic heterocycles. The molecule has 0 aromatic heterocycles. The Kier molecular flexibility index (Phi) is 5.46. The van der Waals surface area contributed by atoms with Crippen LogP contribution in [-0.2, 0) is 10.0 Å². The van der Waals surface area contributed by atoms with Crippen molar-refractivity contribution in [2.24, 2.45) is 0 Å². The predicted octanol–water partition coefficient (Wildman–Crippen LogP) is 2.03. The van der Waals surface area contributed by atoms with E-state index >= 15 is 0 Å². The summed E-state index contributed by atoms with van der Waals surface area (Å²) in [6, 6.07) is 3.30. The van der Waals surface area contributed by atoms with Crippen molar-refractivity contribution in [2.75, 3.05) is 5.73 Å². The second kappa shape index (κ2) is 6.67. The summed E-state index contributed by atoms with van der Waals surface area (Å²) in [5, 5.41) is 10.8. The highest BCUT2D eigenvalue weighted by atomic mass is 32.2. The number of nitro benzene ring substituents is 1. The lowest BCUT2D eigenvalue weighted by molar-refractivity contribution is -0.384. The maximum Gasteiger partial charge on any atom is 0.293 e. The Bertz CT molecular complexity index is 586. The first-order valence-electron chi connectivity index (χ1n) is 6.38. The number of hydrogen-bond acceptors (Lipinski definition) is 5. The maximum absolute atomic E-state index is 12.2. The van der Waals surface area contributed by atoms with Crippen molar-refractivity contribution < 1.29 is 13.3 Å². The van der Waals surface area contributed by atoms with E-state index in [9.17, 15) is 18.5 Å². The molecule has 0 fully saturated rings. The van der Waals surface area contributed by atoms with Crippen LogP contribution in [0.1, 0.15) is 33.1 Å². The van der Waals surface area contributed by atoms with Crippen molar-refractivity contribution in [2.45, 2.75) is 44.0 Å². The average molecular weight is 301 g/mol. The number of nitrogens with two attached hydrogens (primary N) is 1. The molecule has 0 saturated heterocycles. The third-order valence-corrected chi connectivity index (χ3v) is 4.48. The van der Waals surface area contributed by atoms with Gasteiger partial charge < -0.3 is 5.73 Å². The van der Waals surface area contributed by atoms with Gasteiger partial charge >= 0.3 is 0 Å². The second-order valence-corrected chi connectivity index (χ2v) is 6.21. The number of rotatable bonds is 7. The zero-order valence-electron chi connectivity index (χ0n) is 11.5. The second-order valence-electron chi connectivity index (χ2n) is 4.49. The Morgan fingerprint density at radius 2 is 2.05 bits per heavy atom. The van der Waals surface area contributed by atoms with Crippen molar-refractivity contribution in [3.63, 3.8) is 0 Å². The van der Waals surface area contributed by atoms with E-state index in [0.29, 0.717) is 12.8 Å². The van der Waals surface area contributed by atoms with Gasteiger partial charge in [0.15, 0.2) is 0 Å². The minimum Gasteiger partial charge on any atom is -0.393 e. The van der Waals surface area contributed by atoms with Gasteiger partial charge in [0.25, 0.3) is 5.69 Å². The number of nitrogen functional groups attached to an aromatic ring is 1. The van der Waals surface area contributed by atoms with E-state index in [-0.39, 0.29) is 16.6 Å². The number of nitrogens with one attached hydrogen (secondary N) is 1. The SMILES string of the molecule is CCCC(CC)NS(=O)(=O)c1ccc(N)c([N+](=O)[O-])c1. The molecule has 0 aliphatic carbocycles. The van der Waals surface area contributed by atoms with Gasteiger partial charge in [-0.2, -0.15) is 0 Å². The van der Waals surface area contributed by atoms with E-state index in [4.69, 9.17) is 5.73 Å². The molecule has 1 atom stereocenters. The van der Waals surface area contributed by atoms with Crippen LogP contribution in [-0.4, -0.2) is 19.4 Å². The highest BCUT2D eigenvalue weighted by Gasteiger charge is 2.22. The van der Waals surface area contributed by atoms with Gasteiger partial charge in [-0.1, -0.05) is 20.3 Å². The van der Waals surface area contributed by atoms with Crippen LogP contribution in [0.25, 0.3) is 0 Å². The molecular weight excluding hydrogens is 282 g/mol. The fraction of sp³-hybridized carbons (Fsp3) is 0.500. The summed E-state index contributed by atoms with van der Waals surface area (Å²) in [7, 11) is -3.78. The summed E-state index contributed by atoms with van der Waals surface area (Å²) < 4.78 is 26.9. The largest absolute Gasteiger partial charge is 0.393 e. The molecule has 1 rings (SSSR count). The van der Waals surface area contributed by atoms with E-state index in [2.05, 4.69) is 4.72 Å². The Morgan fingerprint density at radius 3 is 2.55 bits per heavy atom. The van der Waals surface area contributed by atoms with Crippen molar-refractivity contribution >= 4 is 21.4 Å². The Labute approximate surface area is 118 Å². The Morgan fingerprint density at radius 1 is 1.40 bits per heavy atom. The summed E-state index contributed by atoms with van der Waals surface area (Å²) >= 11 is 0. The molecule has 0 radical (unpaired) electrons. The molecule has 1 aromatic carbocycles. The molecule has 1 unspecified atom stereocenters. The zero-order chi connectivity index (χ0) is 15.3. The molecular formula is C12H19N3O4S. The van der Waals surface area contributed by atoms with Crippen LogP contribution < -0.4 is 10.5 Å². The topological polar surface area (TPSA) is 115 Å².